The molecule has 0 saturated heterocycles. The summed E-state index contributed by atoms with van der Waals surface area (Å²) in [4.78, 5) is 13.0. The SMILES string of the molecule is CC(C)CC(CN(C)C)Nc1ccc(C(N)=O)nn1. The summed E-state index contributed by atoms with van der Waals surface area (Å²) in [5.74, 6) is 0.693. The summed E-state index contributed by atoms with van der Waals surface area (Å²) >= 11 is 0. The third-order valence-corrected chi connectivity index (χ3v) is 2.61. The number of carbonyl (C=O) groups excluding carboxylic acids is 1. The van der Waals surface area contributed by atoms with E-state index in [4.69, 9.17) is 5.73 Å². The molecule has 1 heterocycles. The number of anilines is 1. The first-order valence-electron chi connectivity index (χ1n) is 6.43. The molecule has 6 nitrogen and oxygen atoms in total. The molecule has 0 fully saturated rings. The molecule has 3 N–H and O–H groups in total. The van der Waals surface area contributed by atoms with Crippen molar-refractivity contribution in [3.8, 4) is 0 Å². The number of nitrogens with two attached hydrogens (primary N) is 1. The average Bonchev–Trinajstić information content (AvgIpc) is 2.27. The van der Waals surface area contributed by atoms with Crippen molar-refractivity contribution in [3.05, 3.63) is 17.8 Å². The number of hydrogen-bond acceptors (Lipinski definition) is 5. The Kier molecular flexibility index (Phi) is 5.69. The molecule has 0 aliphatic rings. The molecule has 0 aliphatic carbocycles. The van der Waals surface area contributed by atoms with E-state index in [2.05, 4.69) is 34.3 Å². The molecule has 19 heavy (non-hydrogen) atoms. The second kappa shape index (κ2) is 7.04. The fourth-order valence-corrected chi connectivity index (χ4v) is 1.94. The molecule has 0 aliphatic heterocycles. The van der Waals surface area contributed by atoms with E-state index in [1.165, 1.54) is 0 Å². The standard InChI is InChI=1S/C13H23N5O/c1-9(2)7-10(8-18(3)4)15-12-6-5-11(13(14)19)16-17-12/h5-6,9-10H,7-8H2,1-4H3,(H2,14,19)(H,15,17). The Labute approximate surface area is 114 Å². The van der Waals surface area contributed by atoms with Crippen LogP contribution in [0.5, 0.6) is 0 Å². The van der Waals surface area contributed by atoms with Crippen molar-refractivity contribution in [2.24, 2.45) is 11.7 Å². The lowest BCUT2D eigenvalue weighted by Crippen LogP contribution is -2.34. The van der Waals surface area contributed by atoms with Gasteiger partial charge in [0.05, 0.1) is 0 Å². The molecule has 1 unspecified atom stereocenters. The van der Waals surface area contributed by atoms with Crippen LogP contribution in [0.3, 0.4) is 0 Å². The van der Waals surface area contributed by atoms with Crippen LogP contribution in [0.15, 0.2) is 12.1 Å². The molecule has 1 amide bonds. The van der Waals surface area contributed by atoms with Crippen molar-refractivity contribution in [1.29, 1.82) is 0 Å². The first kappa shape index (κ1) is 15.4. The van der Waals surface area contributed by atoms with Gasteiger partial charge in [-0.1, -0.05) is 13.8 Å². The van der Waals surface area contributed by atoms with Crippen LogP contribution in [-0.2, 0) is 0 Å². The highest BCUT2D eigenvalue weighted by atomic mass is 16.1. The van der Waals surface area contributed by atoms with Gasteiger partial charge in [0.2, 0.25) is 0 Å². The summed E-state index contributed by atoms with van der Waals surface area (Å²) in [5.41, 5.74) is 5.31. The predicted molar refractivity (Wildman–Crippen MR) is 76.0 cm³/mol. The van der Waals surface area contributed by atoms with Gasteiger partial charge in [0.1, 0.15) is 5.82 Å². The summed E-state index contributed by atoms with van der Waals surface area (Å²) in [7, 11) is 4.08. The number of nitrogens with one attached hydrogen (secondary N) is 1. The highest BCUT2D eigenvalue weighted by molar-refractivity contribution is 5.90. The average molecular weight is 265 g/mol. The first-order valence-corrected chi connectivity index (χ1v) is 6.43. The van der Waals surface area contributed by atoms with E-state index in [-0.39, 0.29) is 5.69 Å². The van der Waals surface area contributed by atoms with Crippen LogP contribution in [0.4, 0.5) is 5.82 Å². The minimum Gasteiger partial charge on any atom is -0.365 e. The maximum absolute atomic E-state index is 10.9. The van der Waals surface area contributed by atoms with Crippen molar-refractivity contribution in [2.75, 3.05) is 26.0 Å². The fraction of sp³-hybridized carbons (Fsp3) is 0.615. The van der Waals surface area contributed by atoms with Crippen LogP contribution in [-0.4, -0.2) is 47.7 Å². The van der Waals surface area contributed by atoms with E-state index in [1.54, 1.807) is 12.1 Å². The maximum Gasteiger partial charge on any atom is 0.269 e. The Hall–Kier alpha value is -1.69. The van der Waals surface area contributed by atoms with Crippen LogP contribution in [0.2, 0.25) is 0 Å². The quantitative estimate of drug-likeness (QED) is 0.767. The smallest absolute Gasteiger partial charge is 0.269 e. The molecule has 0 aromatic carbocycles. The summed E-state index contributed by atoms with van der Waals surface area (Å²) < 4.78 is 0. The number of carbonyl (C=O) groups is 1. The van der Waals surface area contributed by atoms with Crippen molar-refractivity contribution in [3.63, 3.8) is 0 Å². The molecule has 6 heteroatoms. The monoisotopic (exact) mass is 265 g/mol. The Balaban J connectivity index is 2.69. The largest absolute Gasteiger partial charge is 0.365 e. The van der Waals surface area contributed by atoms with Gasteiger partial charge in [0.15, 0.2) is 5.69 Å². The molecular weight excluding hydrogens is 242 g/mol. The second-order valence-electron chi connectivity index (χ2n) is 5.40. The van der Waals surface area contributed by atoms with Crippen LogP contribution in [0, 0.1) is 5.92 Å². The van der Waals surface area contributed by atoms with E-state index in [0.717, 1.165) is 13.0 Å². The lowest BCUT2D eigenvalue weighted by molar-refractivity contribution is 0.0994. The Morgan fingerprint density at radius 1 is 1.37 bits per heavy atom. The summed E-state index contributed by atoms with van der Waals surface area (Å²) in [6, 6.07) is 3.61. The van der Waals surface area contributed by atoms with Crippen LogP contribution >= 0.6 is 0 Å². The number of primary amides is 1. The Bertz CT molecular complexity index is 392. The van der Waals surface area contributed by atoms with Gasteiger partial charge in [-0.15, -0.1) is 10.2 Å². The highest BCUT2D eigenvalue weighted by Gasteiger charge is 2.13. The van der Waals surface area contributed by atoms with Gasteiger partial charge < -0.3 is 16.0 Å². The number of likely N-dealkylation sites (N-methyl/N-ethyl adjacent to an activating group) is 1. The highest BCUT2D eigenvalue weighted by Crippen LogP contribution is 2.11. The molecular formula is C13H23N5O. The lowest BCUT2D eigenvalue weighted by Gasteiger charge is -2.24. The summed E-state index contributed by atoms with van der Waals surface area (Å²) in [6.45, 7) is 5.29. The molecule has 1 aromatic rings. The van der Waals surface area contributed by atoms with Crippen molar-refractivity contribution < 1.29 is 4.79 Å². The Morgan fingerprint density at radius 3 is 2.47 bits per heavy atom. The zero-order valence-corrected chi connectivity index (χ0v) is 12.1. The third-order valence-electron chi connectivity index (χ3n) is 2.61. The van der Waals surface area contributed by atoms with Gasteiger partial charge in [-0.2, -0.15) is 0 Å². The van der Waals surface area contributed by atoms with Gasteiger partial charge in [0.25, 0.3) is 5.91 Å². The molecule has 1 rings (SSSR count). The topological polar surface area (TPSA) is 84.1 Å². The van der Waals surface area contributed by atoms with Gasteiger partial charge in [-0.3, -0.25) is 4.79 Å². The number of nitrogens with zero attached hydrogens (tertiary/aromatic N) is 3. The van der Waals surface area contributed by atoms with E-state index < -0.39 is 5.91 Å². The van der Waals surface area contributed by atoms with E-state index in [9.17, 15) is 4.79 Å². The van der Waals surface area contributed by atoms with Crippen molar-refractivity contribution in [1.82, 2.24) is 15.1 Å². The van der Waals surface area contributed by atoms with Crippen molar-refractivity contribution in [2.45, 2.75) is 26.3 Å². The Morgan fingerprint density at radius 2 is 2.05 bits per heavy atom. The molecule has 0 saturated carbocycles. The summed E-state index contributed by atoms with van der Waals surface area (Å²) in [6.07, 6.45) is 1.04. The number of hydrogen-bond donors (Lipinski definition) is 2. The molecule has 1 aromatic heterocycles. The van der Waals surface area contributed by atoms with Gasteiger partial charge in [0, 0.05) is 12.6 Å². The van der Waals surface area contributed by atoms with Crippen LogP contribution in [0.1, 0.15) is 30.8 Å². The van der Waals surface area contributed by atoms with Crippen LogP contribution in [0.25, 0.3) is 0 Å². The van der Waals surface area contributed by atoms with Crippen molar-refractivity contribution >= 4 is 11.7 Å². The van der Waals surface area contributed by atoms with Crippen LogP contribution < -0.4 is 11.1 Å². The van der Waals surface area contributed by atoms with E-state index >= 15 is 0 Å². The molecule has 0 radical (unpaired) electrons. The normalized spacial score (nSPS) is 12.7. The molecule has 1 atom stereocenters. The minimum absolute atomic E-state index is 0.179. The third kappa shape index (κ3) is 5.65. The zero-order chi connectivity index (χ0) is 14.4. The van der Waals surface area contributed by atoms with Gasteiger partial charge >= 0.3 is 0 Å². The maximum atomic E-state index is 10.9. The number of amides is 1. The fourth-order valence-electron chi connectivity index (χ4n) is 1.94. The minimum atomic E-state index is -0.564. The first-order chi connectivity index (χ1) is 8.88. The van der Waals surface area contributed by atoms with E-state index in [0.29, 0.717) is 17.8 Å². The molecule has 106 valence electrons. The van der Waals surface area contributed by atoms with Gasteiger partial charge in [-0.05, 0) is 38.6 Å². The molecule has 0 bridgehead atoms. The number of rotatable bonds is 7. The lowest BCUT2D eigenvalue weighted by atomic mass is 10.0. The van der Waals surface area contributed by atoms with E-state index in [1.807, 2.05) is 14.1 Å². The molecule has 0 spiro atoms. The zero-order valence-electron chi connectivity index (χ0n) is 12.1. The summed E-state index contributed by atoms with van der Waals surface area (Å²) in [5, 5.41) is 11.1. The second-order valence-corrected chi connectivity index (χ2v) is 5.40. The van der Waals surface area contributed by atoms with Gasteiger partial charge in [-0.25, -0.2) is 0 Å². The number of aromatic nitrogens is 2. The predicted octanol–water partition coefficient (Wildman–Crippen LogP) is 0.964.